The topological polar surface area (TPSA) is 33.1 Å². The molecule has 1 heterocycles. The van der Waals surface area contributed by atoms with Crippen molar-refractivity contribution in [1.82, 2.24) is 4.98 Å². The minimum absolute atomic E-state index is 0.345. The van der Waals surface area contributed by atoms with Gasteiger partial charge in [0.25, 0.3) is 0 Å². The fourth-order valence-electron chi connectivity index (χ4n) is 1.44. The van der Waals surface area contributed by atoms with Gasteiger partial charge in [0.05, 0.1) is 11.8 Å². The molecule has 0 aliphatic heterocycles. The molecule has 0 amide bonds. The van der Waals surface area contributed by atoms with Gasteiger partial charge in [-0.15, -0.1) is 0 Å². The van der Waals surface area contributed by atoms with Crippen LogP contribution in [0.3, 0.4) is 0 Å². The third kappa shape index (κ3) is 1.08. The summed E-state index contributed by atoms with van der Waals surface area (Å²) in [6.45, 7) is 0. The summed E-state index contributed by atoms with van der Waals surface area (Å²) < 4.78 is 1.07. The molecule has 0 fully saturated rings. The van der Waals surface area contributed by atoms with Crippen LogP contribution in [0.4, 0.5) is 0 Å². The highest BCUT2D eigenvalue weighted by Crippen LogP contribution is 2.33. The fraction of sp³-hybridized carbons (Fsp3) is 0.375. The number of hydrogen-bond acceptors (Lipinski definition) is 2. The summed E-state index contributed by atoms with van der Waals surface area (Å²) in [5.74, 6) is 0. The molecule has 0 saturated carbocycles. The van der Waals surface area contributed by atoms with Crippen molar-refractivity contribution in [3.05, 3.63) is 28.0 Å². The van der Waals surface area contributed by atoms with Crippen LogP contribution in [0, 0.1) is 0 Å². The third-order valence-corrected chi connectivity index (χ3v) is 2.76. The third-order valence-electron chi connectivity index (χ3n) is 2.02. The zero-order chi connectivity index (χ0) is 7.84. The maximum absolute atomic E-state index is 9.42. The van der Waals surface area contributed by atoms with Gasteiger partial charge in [-0.2, -0.15) is 0 Å². The predicted molar refractivity (Wildman–Crippen MR) is 45.2 cm³/mol. The predicted octanol–water partition coefficient (Wildman–Crippen LogP) is 1.82. The second-order valence-electron chi connectivity index (χ2n) is 2.71. The molecule has 0 saturated heterocycles. The van der Waals surface area contributed by atoms with Crippen molar-refractivity contribution >= 4 is 15.9 Å². The van der Waals surface area contributed by atoms with Crippen molar-refractivity contribution in [2.45, 2.75) is 18.9 Å². The Morgan fingerprint density at radius 1 is 1.64 bits per heavy atom. The second kappa shape index (κ2) is 2.57. The molecule has 0 aromatic carbocycles. The van der Waals surface area contributed by atoms with Crippen molar-refractivity contribution < 1.29 is 5.11 Å². The van der Waals surface area contributed by atoms with Gasteiger partial charge in [0.2, 0.25) is 0 Å². The zero-order valence-electron chi connectivity index (χ0n) is 5.92. The lowest BCUT2D eigenvalue weighted by atomic mass is 10.2. The molecule has 1 aliphatic carbocycles. The van der Waals surface area contributed by atoms with Crippen LogP contribution in [0.1, 0.15) is 23.8 Å². The van der Waals surface area contributed by atoms with Crippen molar-refractivity contribution in [3.63, 3.8) is 0 Å². The lowest BCUT2D eigenvalue weighted by Crippen LogP contribution is -1.93. The molecule has 1 N–H and O–H groups in total. The van der Waals surface area contributed by atoms with Crippen LogP contribution >= 0.6 is 15.9 Å². The molecular weight excluding hydrogens is 206 g/mol. The quantitative estimate of drug-likeness (QED) is 0.714. The van der Waals surface area contributed by atoms with Crippen molar-refractivity contribution in [3.8, 4) is 0 Å². The van der Waals surface area contributed by atoms with E-state index in [-0.39, 0.29) is 6.10 Å². The van der Waals surface area contributed by atoms with Gasteiger partial charge < -0.3 is 5.11 Å². The highest BCUT2D eigenvalue weighted by molar-refractivity contribution is 9.10. The first-order valence-electron chi connectivity index (χ1n) is 3.60. The van der Waals surface area contributed by atoms with E-state index < -0.39 is 0 Å². The van der Waals surface area contributed by atoms with Gasteiger partial charge in [-0.3, -0.25) is 4.98 Å². The van der Waals surface area contributed by atoms with E-state index in [1.807, 2.05) is 6.07 Å². The lowest BCUT2D eigenvalue weighted by molar-refractivity contribution is 0.176. The molecule has 0 radical (unpaired) electrons. The summed E-state index contributed by atoms with van der Waals surface area (Å²) in [6.07, 6.45) is 3.12. The van der Waals surface area contributed by atoms with Gasteiger partial charge in [0.15, 0.2) is 0 Å². The average Bonchev–Trinajstić information content (AvgIpc) is 2.35. The first-order valence-corrected chi connectivity index (χ1v) is 4.39. The minimum atomic E-state index is -0.345. The van der Waals surface area contributed by atoms with Crippen LogP contribution in [-0.2, 0) is 6.42 Å². The molecule has 1 aromatic heterocycles. The fourth-order valence-corrected chi connectivity index (χ4v) is 1.96. The van der Waals surface area contributed by atoms with Crippen LogP contribution in [-0.4, -0.2) is 10.1 Å². The molecule has 1 unspecified atom stereocenters. The number of halogens is 1. The number of hydrogen-bond donors (Lipinski definition) is 1. The van der Waals surface area contributed by atoms with Crippen molar-refractivity contribution in [1.29, 1.82) is 0 Å². The summed E-state index contributed by atoms with van der Waals surface area (Å²) in [6, 6.07) is 1.91. The summed E-state index contributed by atoms with van der Waals surface area (Å²) in [4.78, 5) is 4.12. The standard InChI is InChI=1S/C8H8BrNO/c9-6-3-4-10-8-5(6)1-2-7(8)11/h3-4,7,11H,1-2H2. The van der Waals surface area contributed by atoms with Crippen molar-refractivity contribution in [2.24, 2.45) is 0 Å². The Morgan fingerprint density at radius 2 is 2.45 bits per heavy atom. The van der Waals surface area contributed by atoms with E-state index in [1.165, 1.54) is 5.56 Å². The molecule has 1 aromatic rings. The number of nitrogens with zero attached hydrogens (tertiary/aromatic N) is 1. The van der Waals surface area contributed by atoms with Gasteiger partial charge in [-0.1, -0.05) is 15.9 Å². The molecule has 0 bridgehead atoms. The maximum atomic E-state index is 9.42. The Labute approximate surface area is 73.4 Å². The molecule has 2 rings (SSSR count). The minimum Gasteiger partial charge on any atom is -0.387 e. The largest absolute Gasteiger partial charge is 0.387 e. The molecule has 0 spiro atoms. The van der Waals surface area contributed by atoms with E-state index in [0.29, 0.717) is 0 Å². The van der Waals surface area contributed by atoms with Crippen LogP contribution in [0.25, 0.3) is 0 Å². The Hall–Kier alpha value is -0.410. The monoisotopic (exact) mass is 213 g/mol. The Kier molecular flexibility index (Phi) is 1.69. The first kappa shape index (κ1) is 7.25. The lowest BCUT2D eigenvalue weighted by Gasteiger charge is -2.01. The molecular formula is C8H8BrNO. The second-order valence-corrected chi connectivity index (χ2v) is 3.57. The van der Waals surface area contributed by atoms with Crippen LogP contribution in [0.2, 0.25) is 0 Å². The molecule has 58 valence electrons. The zero-order valence-corrected chi connectivity index (χ0v) is 7.50. The SMILES string of the molecule is OC1CCc2c(Br)ccnc21. The Bertz CT molecular complexity index is 287. The van der Waals surface area contributed by atoms with E-state index in [9.17, 15) is 5.11 Å². The first-order chi connectivity index (χ1) is 5.29. The van der Waals surface area contributed by atoms with E-state index >= 15 is 0 Å². The molecule has 3 heteroatoms. The van der Waals surface area contributed by atoms with E-state index in [0.717, 1.165) is 23.0 Å². The number of fused-ring (bicyclic) bond motifs is 1. The summed E-state index contributed by atoms with van der Waals surface area (Å²) >= 11 is 3.42. The number of rotatable bonds is 0. The summed E-state index contributed by atoms with van der Waals surface area (Å²) in [5.41, 5.74) is 2.01. The molecule has 2 nitrogen and oxygen atoms in total. The number of pyridine rings is 1. The van der Waals surface area contributed by atoms with Crippen molar-refractivity contribution in [2.75, 3.05) is 0 Å². The van der Waals surface area contributed by atoms with Gasteiger partial charge in [0.1, 0.15) is 0 Å². The highest BCUT2D eigenvalue weighted by Gasteiger charge is 2.22. The van der Waals surface area contributed by atoms with Gasteiger partial charge >= 0.3 is 0 Å². The van der Waals surface area contributed by atoms with E-state index in [2.05, 4.69) is 20.9 Å². The molecule has 1 atom stereocenters. The molecule has 1 aliphatic rings. The molecule has 11 heavy (non-hydrogen) atoms. The van der Waals surface area contributed by atoms with Gasteiger partial charge in [-0.25, -0.2) is 0 Å². The smallest absolute Gasteiger partial charge is 0.0966 e. The number of aliphatic hydroxyl groups is 1. The van der Waals surface area contributed by atoms with Crippen LogP contribution in [0.5, 0.6) is 0 Å². The van der Waals surface area contributed by atoms with E-state index in [1.54, 1.807) is 6.20 Å². The summed E-state index contributed by atoms with van der Waals surface area (Å²) in [5, 5.41) is 9.42. The normalized spacial score (nSPS) is 21.8. The number of aliphatic hydroxyl groups excluding tert-OH is 1. The highest BCUT2D eigenvalue weighted by atomic mass is 79.9. The average molecular weight is 214 g/mol. The Morgan fingerprint density at radius 3 is 3.18 bits per heavy atom. The summed E-state index contributed by atoms with van der Waals surface area (Å²) in [7, 11) is 0. The van der Waals surface area contributed by atoms with Gasteiger partial charge in [0, 0.05) is 10.7 Å². The van der Waals surface area contributed by atoms with Crippen LogP contribution < -0.4 is 0 Å². The van der Waals surface area contributed by atoms with E-state index in [4.69, 9.17) is 0 Å². The maximum Gasteiger partial charge on any atom is 0.0966 e. The van der Waals surface area contributed by atoms with Gasteiger partial charge in [-0.05, 0) is 24.5 Å². The van der Waals surface area contributed by atoms with Crippen LogP contribution in [0.15, 0.2) is 16.7 Å². The number of aromatic nitrogens is 1. The Balaban J connectivity index is 2.57.